The highest BCUT2D eigenvalue weighted by molar-refractivity contribution is 6.09. The Bertz CT molecular complexity index is 3010. The number of benzene rings is 6. The van der Waals surface area contributed by atoms with Crippen molar-refractivity contribution in [3.63, 3.8) is 0 Å². The van der Waals surface area contributed by atoms with Crippen LogP contribution in [-0.4, -0.2) is 16.2 Å². The van der Waals surface area contributed by atoms with Crippen molar-refractivity contribution in [2.75, 3.05) is 16.5 Å². The number of hydrogen-bond donors (Lipinski definition) is 0. The second-order valence-electron chi connectivity index (χ2n) is 21.7. The standard InChI is InChI=1S/C58H61FN4O/c1-55(2,3)38-30-39(56(4,5)6)32-42(31-38)62-36-61(50-21-13-14-22-51(50)62)41-17-15-18-43(34-41)64-44-24-25-45-46-33-40(59)23-26-49(46)63(52(45)35-44)53-29-37(27-28-60-53)54-47(57(7,8)9)19-16-20-48(54)58(10,11)12/h13-35H,36H2,1-12H3. The van der Waals surface area contributed by atoms with Crippen molar-refractivity contribution in [3.8, 4) is 28.4 Å². The van der Waals surface area contributed by atoms with E-state index in [0.717, 1.165) is 50.3 Å². The lowest BCUT2D eigenvalue weighted by Crippen LogP contribution is -2.25. The molecule has 6 aromatic carbocycles. The van der Waals surface area contributed by atoms with Crippen LogP contribution in [0.25, 0.3) is 38.8 Å². The summed E-state index contributed by atoms with van der Waals surface area (Å²) in [6, 6.07) is 46.1. The van der Waals surface area contributed by atoms with Gasteiger partial charge in [0.1, 0.15) is 29.8 Å². The van der Waals surface area contributed by atoms with Crippen LogP contribution in [0.3, 0.4) is 0 Å². The van der Waals surface area contributed by atoms with Crippen LogP contribution in [0, 0.1) is 5.82 Å². The molecule has 326 valence electrons. The Morgan fingerprint density at radius 3 is 1.73 bits per heavy atom. The second kappa shape index (κ2) is 15.4. The Morgan fingerprint density at radius 2 is 1.11 bits per heavy atom. The van der Waals surface area contributed by atoms with E-state index in [4.69, 9.17) is 9.72 Å². The molecule has 1 aliphatic heterocycles. The molecule has 0 amide bonds. The highest BCUT2D eigenvalue weighted by Crippen LogP contribution is 2.47. The van der Waals surface area contributed by atoms with Crippen molar-refractivity contribution in [2.45, 2.75) is 105 Å². The molecule has 0 fully saturated rings. The normalized spacial score (nSPS) is 13.6. The van der Waals surface area contributed by atoms with Gasteiger partial charge in [-0.1, -0.05) is 126 Å². The first-order valence-corrected chi connectivity index (χ1v) is 22.6. The van der Waals surface area contributed by atoms with Crippen LogP contribution >= 0.6 is 0 Å². The minimum absolute atomic E-state index is 0.00317. The van der Waals surface area contributed by atoms with Gasteiger partial charge in [0.15, 0.2) is 0 Å². The third kappa shape index (κ3) is 7.93. The predicted molar refractivity (Wildman–Crippen MR) is 267 cm³/mol. The number of ether oxygens (including phenoxy) is 1. The van der Waals surface area contributed by atoms with Gasteiger partial charge in [0.2, 0.25) is 0 Å². The monoisotopic (exact) mass is 848 g/mol. The van der Waals surface area contributed by atoms with E-state index in [0.29, 0.717) is 12.4 Å². The highest BCUT2D eigenvalue weighted by atomic mass is 19.1. The Balaban J connectivity index is 1.10. The van der Waals surface area contributed by atoms with Crippen LogP contribution in [0.4, 0.5) is 27.1 Å². The summed E-state index contributed by atoms with van der Waals surface area (Å²) in [5, 5.41) is 1.74. The van der Waals surface area contributed by atoms with Gasteiger partial charge in [-0.15, -0.1) is 0 Å². The highest BCUT2D eigenvalue weighted by Gasteiger charge is 2.31. The molecular weight excluding hydrogens is 788 g/mol. The molecule has 0 spiro atoms. The van der Waals surface area contributed by atoms with Crippen LogP contribution in [0.5, 0.6) is 11.5 Å². The van der Waals surface area contributed by atoms with Gasteiger partial charge in [0, 0.05) is 40.5 Å². The molecule has 0 unspecified atom stereocenters. The van der Waals surface area contributed by atoms with Gasteiger partial charge >= 0.3 is 0 Å². The van der Waals surface area contributed by atoms with E-state index in [1.54, 1.807) is 6.07 Å². The number of aromatic nitrogens is 2. The van der Waals surface area contributed by atoms with Gasteiger partial charge in [0.05, 0.1) is 22.4 Å². The van der Waals surface area contributed by atoms with Crippen LogP contribution in [0.15, 0.2) is 140 Å². The lowest BCUT2D eigenvalue weighted by Gasteiger charge is -2.30. The fourth-order valence-corrected chi connectivity index (χ4v) is 9.23. The van der Waals surface area contributed by atoms with E-state index in [9.17, 15) is 4.39 Å². The van der Waals surface area contributed by atoms with Crippen LogP contribution in [0.2, 0.25) is 0 Å². The van der Waals surface area contributed by atoms with Gasteiger partial charge in [-0.05, 0) is 134 Å². The number of pyridine rings is 1. The van der Waals surface area contributed by atoms with Crippen LogP contribution < -0.4 is 14.5 Å². The average Bonchev–Trinajstić information content (AvgIpc) is 3.78. The van der Waals surface area contributed by atoms with Crippen molar-refractivity contribution in [3.05, 3.63) is 168 Å². The third-order valence-electron chi connectivity index (χ3n) is 12.7. The Hall–Kier alpha value is -6.40. The molecule has 0 N–H and O–H groups in total. The molecule has 1 aliphatic rings. The molecule has 0 saturated carbocycles. The zero-order chi connectivity index (χ0) is 45.5. The summed E-state index contributed by atoms with van der Waals surface area (Å²) in [4.78, 5) is 9.77. The molecule has 6 heteroatoms. The van der Waals surface area contributed by atoms with Gasteiger partial charge < -0.3 is 14.5 Å². The Labute approximate surface area is 379 Å². The van der Waals surface area contributed by atoms with Crippen molar-refractivity contribution in [2.24, 2.45) is 0 Å². The topological polar surface area (TPSA) is 33.5 Å². The van der Waals surface area contributed by atoms with E-state index in [2.05, 4.69) is 195 Å². The first-order chi connectivity index (χ1) is 30.1. The van der Waals surface area contributed by atoms with E-state index in [1.165, 1.54) is 45.3 Å². The number of fused-ring (bicyclic) bond motifs is 4. The molecule has 64 heavy (non-hydrogen) atoms. The fraction of sp³-hybridized carbons (Fsp3) is 0.293. The summed E-state index contributed by atoms with van der Waals surface area (Å²) in [5.41, 5.74) is 13.7. The fourth-order valence-electron chi connectivity index (χ4n) is 9.23. The minimum atomic E-state index is -0.280. The minimum Gasteiger partial charge on any atom is -0.457 e. The van der Waals surface area contributed by atoms with Gasteiger partial charge in [-0.2, -0.15) is 0 Å². The molecule has 0 saturated heterocycles. The number of rotatable bonds is 6. The van der Waals surface area contributed by atoms with E-state index >= 15 is 0 Å². The first-order valence-electron chi connectivity index (χ1n) is 22.6. The van der Waals surface area contributed by atoms with Crippen molar-refractivity contribution in [1.82, 2.24) is 9.55 Å². The summed E-state index contributed by atoms with van der Waals surface area (Å²) >= 11 is 0. The van der Waals surface area contributed by atoms with E-state index in [-0.39, 0.29) is 27.5 Å². The molecule has 0 bridgehead atoms. The van der Waals surface area contributed by atoms with Crippen LogP contribution in [0.1, 0.15) is 105 Å². The summed E-state index contributed by atoms with van der Waals surface area (Å²) in [6.07, 6.45) is 1.89. The largest absolute Gasteiger partial charge is 0.457 e. The third-order valence-corrected chi connectivity index (χ3v) is 12.7. The van der Waals surface area contributed by atoms with Gasteiger partial charge in [-0.25, -0.2) is 9.37 Å². The van der Waals surface area contributed by atoms with Gasteiger partial charge in [0.25, 0.3) is 0 Å². The molecule has 2 aromatic heterocycles. The first kappa shape index (κ1) is 42.9. The summed E-state index contributed by atoms with van der Waals surface area (Å²) in [5.74, 6) is 1.88. The smallest absolute Gasteiger partial charge is 0.138 e. The average molecular weight is 849 g/mol. The summed E-state index contributed by atoms with van der Waals surface area (Å²) in [7, 11) is 0. The van der Waals surface area contributed by atoms with Crippen molar-refractivity contribution >= 4 is 44.6 Å². The quantitative estimate of drug-likeness (QED) is 0.167. The maximum Gasteiger partial charge on any atom is 0.138 e. The lowest BCUT2D eigenvalue weighted by molar-refractivity contribution is 0.483. The molecule has 3 heterocycles. The Kier molecular flexibility index (Phi) is 10.3. The predicted octanol–water partition coefficient (Wildman–Crippen LogP) is 16.2. The Morgan fingerprint density at radius 1 is 0.500 bits per heavy atom. The SMILES string of the molecule is CC(C)(C)c1cc(N2CN(c3cccc(Oc4ccc5c6cc(F)ccc6n(-c6cc(-c7c(C(C)(C)C)cccc7C(C)(C)C)ccn6)c5c4)c3)c3ccccc32)cc(C(C)(C)C)c1. The van der Waals surface area contributed by atoms with Crippen molar-refractivity contribution < 1.29 is 9.13 Å². The summed E-state index contributed by atoms with van der Waals surface area (Å²) in [6.45, 7) is 28.0. The maximum absolute atomic E-state index is 15.0. The molecule has 0 aliphatic carbocycles. The van der Waals surface area contributed by atoms with E-state index in [1.807, 2.05) is 30.5 Å². The number of halogens is 1. The zero-order valence-corrected chi connectivity index (χ0v) is 39.6. The number of para-hydroxylation sites is 2. The number of hydrogen-bond acceptors (Lipinski definition) is 4. The molecule has 8 aromatic rings. The maximum atomic E-state index is 15.0. The molecule has 0 atom stereocenters. The second-order valence-corrected chi connectivity index (χ2v) is 21.7. The lowest BCUT2D eigenvalue weighted by atomic mass is 9.74. The van der Waals surface area contributed by atoms with Crippen LogP contribution in [-0.2, 0) is 21.7 Å². The van der Waals surface area contributed by atoms with E-state index < -0.39 is 0 Å². The summed E-state index contributed by atoms with van der Waals surface area (Å²) < 4.78 is 23.9. The molecule has 9 rings (SSSR count). The zero-order valence-electron chi connectivity index (χ0n) is 39.6. The van der Waals surface area contributed by atoms with Crippen molar-refractivity contribution in [1.29, 1.82) is 0 Å². The number of nitrogens with zero attached hydrogens (tertiary/aromatic N) is 4. The number of anilines is 4. The molecule has 5 nitrogen and oxygen atoms in total. The van der Waals surface area contributed by atoms with Gasteiger partial charge in [-0.3, -0.25) is 4.57 Å². The molecular formula is C58H61FN4O. The molecule has 0 radical (unpaired) electrons.